The van der Waals surface area contributed by atoms with Crippen LogP contribution in [0.3, 0.4) is 0 Å². The average Bonchev–Trinajstić information content (AvgIpc) is 2.67. The molecule has 0 heterocycles. The van der Waals surface area contributed by atoms with Crippen molar-refractivity contribution in [1.82, 2.24) is 0 Å². The van der Waals surface area contributed by atoms with E-state index in [1.165, 1.54) is 30.1 Å². The molecule has 1 heteroatoms. The molecule has 0 aliphatic carbocycles. The van der Waals surface area contributed by atoms with Crippen molar-refractivity contribution in [1.29, 1.82) is 0 Å². The Morgan fingerprint density at radius 2 is 0.548 bits per heavy atom. The van der Waals surface area contributed by atoms with Crippen molar-refractivity contribution in [3.05, 3.63) is 89.5 Å². The third-order valence-corrected chi connectivity index (χ3v) is 10.5. The Morgan fingerprint density at radius 3 is 0.710 bits per heavy atom. The Morgan fingerprint density at radius 1 is 0.355 bits per heavy atom. The molecule has 0 bridgehead atoms. The van der Waals surface area contributed by atoms with Crippen LogP contribution in [0.1, 0.15) is 79.0 Å². The second kappa shape index (κ2) is 8.61. The van der Waals surface area contributed by atoms with Crippen LogP contribution in [0.4, 0.5) is 0 Å². The van der Waals surface area contributed by atoms with Crippen molar-refractivity contribution < 1.29 is 0 Å². The summed E-state index contributed by atoms with van der Waals surface area (Å²) >= 11 is -1.36. The number of rotatable bonds is 3. The monoisotopic (exact) mass is 479 g/mol. The normalized spacial score (nSPS) is 13.0. The molecule has 0 N–H and O–H groups in total. The fourth-order valence-electron chi connectivity index (χ4n) is 3.68. The Balaban J connectivity index is 2.08. The number of benzene rings is 3. The SMILES string of the molecule is CC(C)(C)c1ccc([Se](c2ccc(C(C)(C)C)cc2)c2ccc(C(C)(C)C)cc2)cc1. The van der Waals surface area contributed by atoms with E-state index >= 15 is 0 Å². The fourth-order valence-corrected chi connectivity index (χ4v) is 7.96. The first-order valence-corrected chi connectivity index (χ1v) is 13.9. The van der Waals surface area contributed by atoms with Gasteiger partial charge in [0.2, 0.25) is 0 Å². The molecule has 0 aliphatic heterocycles. The van der Waals surface area contributed by atoms with E-state index in [1.807, 2.05) is 0 Å². The van der Waals surface area contributed by atoms with Crippen molar-refractivity contribution in [2.75, 3.05) is 0 Å². The minimum atomic E-state index is -1.36. The Hall–Kier alpha value is -1.82. The van der Waals surface area contributed by atoms with Crippen LogP contribution in [-0.4, -0.2) is 13.9 Å². The minimum absolute atomic E-state index is 0.177. The summed E-state index contributed by atoms with van der Waals surface area (Å²) in [7, 11) is 0. The van der Waals surface area contributed by atoms with Gasteiger partial charge in [0, 0.05) is 0 Å². The maximum atomic E-state index is 2.38. The molecule has 0 amide bonds. The first-order chi connectivity index (χ1) is 14.3. The van der Waals surface area contributed by atoms with Crippen molar-refractivity contribution in [2.24, 2.45) is 0 Å². The maximum absolute atomic E-state index is 2.38. The van der Waals surface area contributed by atoms with Crippen LogP contribution in [0.15, 0.2) is 72.8 Å². The van der Waals surface area contributed by atoms with Gasteiger partial charge in [-0.2, -0.15) is 0 Å². The van der Waals surface area contributed by atoms with Gasteiger partial charge in [-0.1, -0.05) is 0 Å². The van der Waals surface area contributed by atoms with Crippen molar-refractivity contribution in [2.45, 2.75) is 78.6 Å². The van der Waals surface area contributed by atoms with Crippen LogP contribution >= 0.6 is 0 Å². The molecular formula is C30H39Se. The number of hydrogen-bond donors (Lipinski definition) is 0. The molecule has 0 unspecified atom stereocenters. The van der Waals surface area contributed by atoms with Crippen LogP contribution in [0.25, 0.3) is 0 Å². The third kappa shape index (κ3) is 5.71. The standard InChI is InChI=1S/C30H39Se/c1-28(2,3)22-10-16-25(17-11-22)31(26-18-12-23(13-19-26)29(4,5)6)27-20-14-24(15-21-27)30(7,8)9/h10-21H,1-9H3. The quantitative estimate of drug-likeness (QED) is 0.400. The van der Waals surface area contributed by atoms with Crippen LogP contribution in [0, 0.1) is 0 Å². The van der Waals surface area contributed by atoms with E-state index < -0.39 is 13.9 Å². The van der Waals surface area contributed by atoms with E-state index in [4.69, 9.17) is 0 Å². The van der Waals surface area contributed by atoms with Gasteiger partial charge in [-0.25, -0.2) is 0 Å². The summed E-state index contributed by atoms with van der Waals surface area (Å²) in [6.07, 6.45) is 0. The first-order valence-electron chi connectivity index (χ1n) is 11.3. The Labute approximate surface area is 195 Å². The third-order valence-electron chi connectivity index (χ3n) is 5.87. The molecular weight excluding hydrogens is 439 g/mol. The summed E-state index contributed by atoms with van der Waals surface area (Å²) in [4.78, 5) is 0. The van der Waals surface area contributed by atoms with Gasteiger partial charge < -0.3 is 0 Å². The zero-order chi connectivity index (χ0) is 23.0. The predicted octanol–water partition coefficient (Wildman–Crippen LogP) is 6.10. The molecule has 0 spiro atoms. The molecule has 0 fully saturated rings. The van der Waals surface area contributed by atoms with Crippen molar-refractivity contribution in [3.8, 4) is 0 Å². The zero-order valence-electron chi connectivity index (χ0n) is 20.8. The van der Waals surface area contributed by atoms with Gasteiger partial charge in [-0.3, -0.25) is 0 Å². The van der Waals surface area contributed by atoms with E-state index in [0.29, 0.717) is 0 Å². The molecule has 3 rings (SSSR count). The van der Waals surface area contributed by atoms with Crippen LogP contribution in [-0.2, 0) is 16.2 Å². The summed E-state index contributed by atoms with van der Waals surface area (Å²) in [6, 6.07) is 28.2. The van der Waals surface area contributed by atoms with E-state index in [9.17, 15) is 0 Å². The summed E-state index contributed by atoms with van der Waals surface area (Å²) in [5, 5.41) is 0. The zero-order valence-corrected chi connectivity index (χ0v) is 22.5. The molecule has 0 nitrogen and oxygen atoms in total. The Bertz CT molecular complexity index is 850. The summed E-state index contributed by atoms with van der Waals surface area (Å²) < 4.78 is 4.42. The molecule has 165 valence electrons. The van der Waals surface area contributed by atoms with E-state index in [1.54, 1.807) is 0 Å². The first kappa shape index (κ1) is 23.8. The molecule has 0 aromatic heterocycles. The average molecular weight is 479 g/mol. The topological polar surface area (TPSA) is 0 Å². The molecule has 0 atom stereocenters. The molecule has 3 aromatic carbocycles. The molecule has 3 aromatic rings. The molecule has 0 aliphatic rings. The fraction of sp³-hybridized carbons (Fsp3) is 0.400. The van der Waals surface area contributed by atoms with Crippen molar-refractivity contribution in [3.63, 3.8) is 0 Å². The number of hydrogen-bond acceptors (Lipinski definition) is 0. The van der Waals surface area contributed by atoms with Gasteiger partial charge >= 0.3 is 195 Å². The van der Waals surface area contributed by atoms with Crippen LogP contribution < -0.4 is 13.4 Å². The summed E-state index contributed by atoms with van der Waals surface area (Å²) in [6.45, 7) is 20.6. The van der Waals surface area contributed by atoms with Gasteiger partial charge in [-0.05, 0) is 0 Å². The van der Waals surface area contributed by atoms with Gasteiger partial charge in [0.15, 0.2) is 0 Å². The van der Waals surface area contributed by atoms with Gasteiger partial charge in [-0.15, -0.1) is 0 Å². The second-order valence-electron chi connectivity index (χ2n) is 11.6. The molecule has 1 radical (unpaired) electrons. The van der Waals surface area contributed by atoms with Crippen LogP contribution in [0.2, 0.25) is 0 Å². The van der Waals surface area contributed by atoms with Crippen LogP contribution in [0.5, 0.6) is 0 Å². The summed E-state index contributed by atoms with van der Waals surface area (Å²) in [5.41, 5.74) is 4.72. The van der Waals surface area contributed by atoms with Gasteiger partial charge in [0.25, 0.3) is 0 Å². The second-order valence-corrected chi connectivity index (χ2v) is 15.9. The van der Waals surface area contributed by atoms with E-state index in [-0.39, 0.29) is 16.2 Å². The molecule has 0 saturated carbocycles. The molecule has 31 heavy (non-hydrogen) atoms. The Kier molecular flexibility index (Phi) is 6.62. The summed E-state index contributed by atoms with van der Waals surface area (Å²) in [5.74, 6) is 0. The van der Waals surface area contributed by atoms with Crippen molar-refractivity contribution >= 4 is 27.3 Å². The molecule has 0 saturated heterocycles. The van der Waals surface area contributed by atoms with Gasteiger partial charge in [0.1, 0.15) is 0 Å². The van der Waals surface area contributed by atoms with Gasteiger partial charge in [0.05, 0.1) is 0 Å². The van der Waals surface area contributed by atoms with E-state index in [0.717, 1.165) is 0 Å². The predicted molar refractivity (Wildman–Crippen MR) is 140 cm³/mol. The van der Waals surface area contributed by atoms with E-state index in [2.05, 4.69) is 135 Å².